The summed E-state index contributed by atoms with van der Waals surface area (Å²) < 4.78 is 5.79. The van der Waals surface area contributed by atoms with Gasteiger partial charge in [-0.2, -0.15) is 0 Å². The third-order valence-electron chi connectivity index (χ3n) is 4.79. The highest BCUT2D eigenvalue weighted by Crippen LogP contribution is 2.42. The number of nitro groups is 1. The number of aryl methyl sites for hydroxylation is 1. The van der Waals surface area contributed by atoms with Crippen LogP contribution < -0.4 is 5.32 Å². The first-order valence-electron chi connectivity index (χ1n) is 8.32. The third-order valence-corrected chi connectivity index (χ3v) is 4.79. The van der Waals surface area contributed by atoms with Crippen LogP contribution in [0.15, 0.2) is 28.7 Å². The number of amides is 1. The van der Waals surface area contributed by atoms with Crippen LogP contribution in [0.2, 0.25) is 0 Å². The van der Waals surface area contributed by atoms with Gasteiger partial charge in [0.1, 0.15) is 11.5 Å². The van der Waals surface area contributed by atoms with Crippen molar-refractivity contribution in [1.29, 1.82) is 0 Å². The maximum atomic E-state index is 12.8. The number of hydrogen-bond donors (Lipinski definition) is 1. The number of nitro benzene ring substituents is 1. The molecule has 1 amide bonds. The molecule has 1 aliphatic carbocycles. The zero-order valence-electron chi connectivity index (χ0n) is 14.9. The van der Waals surface area contributed by atoms with Crippen LogP contribution in [-0.4, -0.2) is 10.8 Å². The van der Waals surface area contributed by atoms with Crippen molar-refractivity contribution in [2.24, 2.45) is 5.41 Å². The molecule has 0 aliphatic heterocycles. The first-order valence-corrected chi connectivity index (χ1v) is 8.32. The molecule has 0 saturated heterocycles. The van der Waals surface area contributed by atoms with E-state index in [9.17, 15) is 14.9 Å². The molecule has 0 unspecified atom stereocenters. The molecule has 132 valence electrons. The van der Waals surface area contributed by atoms with Gasteiger partial charge in [0, 0.05) is 29.2 Å². The molecule has 0 bridgehead atoms. The molecule has 6 heteroatoms. The van der Waals surface area contributed by atoms with Gasteiger partial charge in [-0.3, -0.25) is 14.9 Å². The summed E-state index contributed by atoms with van der Waals surface area (Å²) in [5, 5.41) is 14.1. The Hall–Kier alpha value is -2.63. The van der Waals surface area contributed by atoms with Crippen molar-refractivity contribution in [3.8, 4) is 0 Å². The van der Waals surface area contributed by atoms with Crippen LogP contribution in [0.5, 0.6) is 0 Å². The smallest absolute Gasteiger partial charge is 0.273 e. The predicted octanol–water partition coefficient (Wildman–Crippen LogP) is 4.25. The number of furan rings is 1. The lowest BCUT2D eigenvalue weighted by Crippen LogP contribution is -2.36. The van der Waals surface area contributed by atoms with Crippen LogP contribution in [-0.2, 0) is 6.42 Å². The van der Waals surface area contributed by atoms with Crippen LogP contribution in [0.25, 0.3) is 0 Å². The summed E-state index contributed by atoms with van der Waals surface area (Å²) in [5.74, 6) is 1.44. The number of nitrogens with zero attached hydrogens (tertiary/aromatic N) is 1. The fourth-order valence-electron chi connectivity index (χ4n) is 3.62. The molecule has 1 aromatic heterocycles. The Labute approximate surface area is 146 Å². The molecule has 0 fully saturated rings. The maximum Gasteiger partial charge on any atom is 0.273 e. The van der Waals surface area contributed by atoms with E-state index in [-0.39, 0.29) is 23.1 Å². The van der Waals surface area contributed by atoms with Crippen LogP contribution in [0.3, 0.4) is 0 Å². The van der Waals surface area contributed by atoms with Gasteiger partial charge in [0.15, 0.2) is 0 Å². The lowest BCUT2D eigenvalue weighted by molar-refractivity contribution is -0.385. The number of nitrogens with one attached hydrogen (secondary N) is 1. The Morgan fingerprint density at radius 3 is 2.76 bits per heavy atom. The van der Waals surface area contributed by atoms with Crippen molar-refractivity contribution in [2.75, 3.05) is 0 Å². The molecule has 6 nitrogen and oxygen atoms in total. The highest BCUT2D eigenvalue weighted by molar-refractivity contribution is 5.96. The number of carbonyl (C=O) groups is 1. The lowest BCUT2D eigenvalue weighted by atomic mass is 9.74. The molecule has 1 heterocycles. The Bertz CT molecular complexity index is 851. The second-order valence-corrected chi connectivity index (χ2v) is 7.51. The van der Waals surface area contributed by atoms with E-state index in [1.54, 1.807) is 13.0 Å². The quantitative estimate of drug-likeness (QED) is 0.667. The molecule has 25 heavy (non-hydrogen) atoms. The average molecular weight is 342 g/mol. The standard InChI is InChI=1S/C19H22N2O4/c1-11-8-14-15(9-19(3,4)10-17(14)25-11)20-18(22)13-6-5-7-16(12(13)2)21(23)24/h5-8,15H,9-10H2,1-4H3,(H,20,22)/t15-/m0/s1. The Morgan fingerprint density at radius 1 is 1.36 bits per heavy atom. The number of hydrogen-bond acceptors (Lipinski definition) is 4. The van der Waals surface area contributed by atoms with Crippen molar-refractivity contribution < 1.29 is 14.1 Å². The highest BCUT2D eigenvalue weighted by Gasteiger charge is 2.36. The Kier molecular flexibility index (Phi) is 4.14. The second-order valence-electron chi connectivity index (χ2n) is 7.51. The molecule has 1 atom stereocenters. The van der Waals surface area contributed by atoms with Gasteiger partial charge in [-0.15, -0.1) is 0 Å². The van der Waals surface area contributed by atoms with Crippen LogP contribution in [0.1, 0.15) is 59.3 Å². The highest BCUT2D eigenvalue weighted by atomic mass is 16.6. The van der Waals surface area contributed by atoms with Gasteiger partial charge in [0.25, 0.3) is 11.6 Å². The van der Waals surface area contributed by atoms with Gasteiger partial charge in [0.05, 0.1) is 11.0 Å². The minimum atomic E-state index is -0.465. The van der Waals surface area contributed by atoms with Gasteiger partial charge in [-0.1, -0.05) is 19.9 Å². The van der Waals surface area contributed by atoms with E-state index in [2.05, 4.69) is 19.2 Å². The van der Waals surface area contributed by atoms with Gasteiger partial charge in [0.2, 0.25) is 0 Å². The molecule has 2 aromatic rings. The van der Waals surface area contributed by atoms with Crippen LogP contribution >= 0.6 is 0 Å². The van der Waals surface area contributed by atoms with E-state index in [0.29, 0.717) is 11.1 Å². The zero-order valence-corrected chi connectivity index (χ0v) is 14.9. The average Bonchev–Trinajstić information content (AvgIpc) is 2.86. The van der Waals surface area contributed by atoms with Crippen molar-refractivity contribution in [1.82, 2.24) is 5.32 Å². The SMILES string of the molecule is Cc1cc2c(o1)CC(C)(C)C[C@@H]2NC(=O)c1cccc([N+](=O)[O-])c1C. The van der Waals surface area contributed by atoms with Crippen molar-refractivity contribution in [3.63, 3.8) is 0 Å². The fraction of sp³-hybridized carbons (Fsp3) is 0.421. The topological polar surface area (TPSA) is 85.4 Å². The number of carbonyl (C=O) groups excluding carboxylic acids is 1. The normalized spacial score (nSPS) is 18.5. The maximum absolute atomic E-state index is 12.8. The van der Waals surface area contributed by atoms with Gasteiger partial charge in [-0.25, -0.2) is 0 Å². The monoisotopic (exact) mass is 342 g/mol. The molecule has 1 N–H and O–H groups in total. The molecule has 3 rings (SSSR count). The van der Waals surface area contributed by atoms with E-state index < -0.39 is 4.92 Å². The molecular weight excluding hydrogens is 320 g/mol. The second kappa shape index (κ2) is 6.02. The lowest BCUT2D eigenvalue weighted by Gasteiger charge is -2.34. The summed E-state index contributed by atoms with van der Waals surface area (Å²) in [5.41, 5.74) is 1.68. The molecule has 0 saturated carbocycles. The summed E-state index contributed by atoms with van der Waals surface area (Å²) >= 11 is 0. The number of benzene rings is 1. The van der Waals surface area contributed by atoms with Gasteiger partial charge >= 0.3 is 0 Å². The number of fused-ring (bicyclic) bond motifs is 1. The van der Waals surface area contributed by atoms with E-state index in [1.807, 2.05) is 13.0 Å². The van der Waals surface area contributed by atoms with Crippen molar-refractivity contribution in [3.05, 3.63) is 62.6 Å². The third kappa shape index (κ3) is 3.29. The molecule has 1 aliphatic rings. The van der Waals surface area contributed by atoms with E-state index in [4.69, 9.17) is 4.42 Å². The molecular formula is C19H22N2O4. The minimum absolute atomic E-state index is 0.00691. The summed E-state index contributed by atoms with van der Waals surface area (Å²) in [6, 6.07) is 6.37. The van der Waals surface area contributed by atoms with Gasteiger partial charge < -0.3 is 9.73 Å². The molecule has 0 spiro atoms. The zero-order chi connectivity index (χ0) is 18.4. The Morgan fingerprint density at radius 2 is 2.08 bits per heavy atom. The van der Waals surface area contributed by atoms with Crippen molar-refractivity contribution >= 4 is 11.6 Å². The number of rotatable bonds is 3. The van der Waals surface area contributed by atoms with Crippen molar-refractivity contribution in [2.45, 2.75) is 46.6 Å². The summed E-state index contributed by atoms with van der Waals surface area (Å²) in [4.78, 5) is 23.4. The van der Waals surface area contributed by atoms with E-state index >= 15 is 0 Å². The fourth-order valence-corrected chi connectivity index (χ4v) is 3.62. The largest absolute Gasteiger partial charge is 0.466 e. The van der Waals surface area contributed by atoms with Crippen LogP contribution in [0, 0.1) is 29.4 Å². The molecule has 1 aromatic carbocycles. The van der Waals surface area contributed by atoms with E-state index in [1.165, 1.54) is 12.1 Å². The first-order chi connectivity index (χ1) is 11.7. The Balaban J connectivity index is 1.91. The minimum Gasteiger partial charge on any atom is -0.466 e. The van der Waals surface area contributed by atoms with Gasteiger partial charge in [-0.05, 0) is 37.8 Å². The summed E-state index contributed by atoms with van der Waals surface area (Å²) in [7, 11) is 0. The van der Waals surface area contributed by atoms with Crippen LogP contribution in [0.4, 0.5) is 5.69 Å². The summed E-state index contributed by atoms with van der Waals surface area (Å²) in [6.07, 6.45) is 1.62. The summed E-state index contributed by atoms with van der Waals surface area (Å²) in [6.45, 7) is 7.79. The first kappa shape index (κ1) is 17.2. The predicted molar refractivity (Wildman–Crippen MR) is 93.6 cm³/mol. The van der Waals surface area contributed by atoms with E-state index in [0.717, 1.165) is 29.9 Å². The molecule has 0 radical (unpaired) electrons.